The Labute approximate surface area is 101 Å². The number of ketones is 1. The molecule has 5 heteroatoms. The molecule has 0 aliphatic heterocycles. The van der Waals surface area contributed by atoms with Crippen LogP contribution in [-0.2, 0) is 0 Å². The van der Waals surface area contributed by atoms with Gasteiger partial charge in [0.05, 0.1) is 0 Å². The van der Waals surface area contributed by atoms with Gasteiger partial charge in [-0.1, -0.05) is 28.1 Å². The molecule has 0 N–H and O–H groups in total. The summed E-state index contributed by atoms with van der Waals surface area (Å²) in [5, 5.41) is 0.546. The fraction of sp³-hybridized carbons (Fsp3) is 0.364. The summed E-state index contributed by atoms with van der Waals surface area (Å²) in [7, 11) is 0. The van der Waals surface area contributed by atoms with E-state index in [1.165, 1.54) is 6.07 Å². The van der Waals surface area contributed by atoms with Crippen LogP contribution in [0.5, 0.6) is 5.75 Å². The molecule has 0 heterocycles. The summed E-state index contributed by atoms with van der Waals surface area (Å²) in [5.41, 5.74) is 0.969. The highest BCUT2D eigenvalue weighted by Crippen LogP contribution is 2.22. The Morgan fingerprint density at radius 3 is 2.75 bits per heavy atom. The minimum atomic E-state index is -2.87. The fourth-order valence-corrected chi connectivity index (χ4v) is 1.59. The van der Waals surface area contributed by atoms with Gasteiger partial charge < -0.3 is 4.74 Å². The second kappa shape index (κ2) is 5.94. The molecule has 1 rings (SSSR count). The lowest BCUT2D eigenvalue weighted by Gasteiger charge is -2.09. The van der Waals surface area contributed by atoms with Crippen molar-refractivity contribution in [3.05, 3.63) is 29.3 Å². The maximum atomic E-state index is 12.1. The van der Waals surface area contributed by atoms with E-state index in [1.54, 1.807) is 19.1 Å². The molecule has 0 saturated heterocycles. The zero-order chi connectivity index (χ0) is 12.1. The number of hydrogen-bond acceptors (Lipinski definition) is 2. The van der Waals surface area contributed by atoms with Crippen molar-refractivity contribution in [2.75, 3.05) is 5.33 Å². The van der Waals surface area contributed by atoms with Gasteiger partial charge >= 0.3 is 6.61 Å². The summed E-state index contributed by atoms with van der Waals surface area (Å²) in [5.74, 6) is -0.0496. The molecule has 88 valence electrons. The first-order valence-corrected chi connectivity index (χ1v) is 5.81. The number of benzene rings is 1. The number of carbonyl (C=O) groups excluding carboxylic acids is 1. The van der Waals surface area contributed by atoms with Crippen LogP contribution >= 0.6 is 15.9 Å². The molecular weight excluding hydrogens is 282 g/mol. The highest BCUT2D eigenvalue weighted by Gasteiger charge is 2.11. The largest absolute Gasteiger partial charge is 0.435 e. The minimum absolute atomic E-state index is 0.0513. The van der Waals surface area contributed by atoms with Crippen molar-refractivity contribution in [1.29, 1.82) is 0 Å². The zero-order valence-electron chi connectivity index (χ0n) is 8.67. The first-order chi connectivity index (χ1) is 7.54. The highest BCUT2D eigenvalue weighted by molar-refractivity contribution is 9.09. The van der Waals surface area contributed by atoms with Crippen LogP contribution in [0.4, 0.5) is 8.78 Å². The number of Topliss-reactive ketones (excluding diaryl/α,β-unsaturated/α-hetero) is 1. The number of ether oxygens (including phenoxy) is 1. The lowest BCUT2D eigenvalue weighted by Crippen LogP contribution is -2.06. The monoisotopic (exact) mass is 292 g/mol. The molecule has 16 heavy (non-hydrogen) atoms. The van der Waals surface area contributed by atoms with Gasteiger partial charge in [0.2, 0.25) is 0 Å². The van der Waals surface area contributed by atoms with Gasteiger partial charge in [0, 0.05) is 17.3 Å². The van der Waals surface area contributed by atoms with E-state index in [0.29, 0.717) is 22.9 Å². The SMILES string of the molecule is Cc1ccc(C(=O)CCBr)cc1OC(F)F. The molecule has 0 saturated carbocycles. The lowest BCUT2D eigenvalue weighted by molar-refractivity contribution is -0.0503. The zero-order valence-corrected chi connectivity index (χ0v) is 10.3. The second-order valence-corrected chi connectivity index (χ2v) is 4.01. The highest BCUT2D eigenvalue weighted by atomic mass is 79.9. The first kappa shape index (κ1) is 13.1. The number of carbonyl (C=O) groups is 1. The molecule has 1 aromatic carbocycles. The van der Waals surface area contributed by atoms with E-state index in [-0.39, 0.29) is 11.5 Å². The van der Waals surface area contributed by atoms with E-state index in [2.05, 4.69) is 20.7 Å². The number of halogens is 3. The molecule has 0 bridgehead atoms. The van der Waals surface area contributed by atoms with Crippen molar-refractivity contribution in [3.8, 4) is 5.75 Å². The molecule has 0 amide bonds. The van der Waals surface area contributed by atoms with E-state index in [4.69, 9.17) is 0 Å². The summed E-state index contributed by atoms with van der Waals surface area (Å²) in [4.78, 5) is 11.5. The Balaban J connectivity index is 2.93. The fourth-order valence-electron chi connectivity index (χ4n) is 1.23. The number of aryl methyl sites for hydroxylation is 1. The Kier molecular flexibility index (Phi) is 4.86. The van der Waals surface area contributed by atoms with Crippen LogP contribution < -0.4 is 4.74 Å². The molecule has 2 nitrogen and oxygen atoms in total. The third-order valence-corrected chi connectivity index (χ3v) is 2.44. The van der Waals surface area contributed by atoms with Gasteiger partial charge in [-0.25, -0.2) is 0 Å². The van der Waals surface area contributed by atoms with Crippen molar-refractivity contribution >= 4 is 21.7 Å². The molecular formula is C11H11BrF2O2. The first-order valence-electron chi connectivity index (χ1n) is 4.69. The van der Waals surface area contributed by atoms with Gasteiger partial charge in [-0.05, 0) is 18.6 Å². The van der Waals surface area contributed by atoms with E-state index in [1.807, 2.05) is 0 Å². The predicted molar refractivity (Wildman–Crippen MR) is 60.6 cm³/mol. The lowest BCUT2D eigenvalue weighted by atomic mass is 10.1. The number of hydrogen-bond donors (Lipinski definition) is 0. The number of alkyl halides is 3. The standard InChI is InChI=1S/C11H11BrF2O2/c1-7-2-3-8(9(15)4-5-12)6-10(7)16-11(13)14/h2-3,6,11H,4-5H2,1H3. The predicted octanol–water partition coefficient (Wildman–Crippen LogP) is 3.56. The van der Waals surface area contributed by atoms with Gasteiger partial charge in [-0.2, -0.15) is 8.78 Å². The molecule has 1 aromatic rings. The molecule has 0 radical (unpaired) electrons. The topological polar surface area (TPSA) is 26.3 Å². The van der Waals surface area contributed by atoms with Crippen LogP contribution in [0, 0.1) is 6.92 Å². The Hall–Kier alpha value is -0.970. The Bertz CT molecular complexity index is 380. The van der Waals surface area contributed by atoms with E-state index in [0.717, 1.165) is 0 Å². The van der Waals surface area contributed by atoms with Gasteiger partial charge in [0.15, 0.2) is 5.78 Å². The van der Waals surface area contributed by atoms with Crippen LogP contribution in [0.2, 0.25) is 0 Å². The Morgan fingerprint density at radius 1 is 1.50 bits per heavy atom. The third-order valence-electron chi connectivity index (χ3n) is 2.05. The smallest absolute Gasteiger partial charge is 0.387 e. The molecule has 0 aliphatic rings. The van der Waals surface area contributed by atoms with E-state index >= 15 is 0 Å². The molecule has 0 spiro atoms. The van der Waals surface area contributed by atoms with Gasteiger partial charge in [-0.15, -0.1) is 0 Å². The van der Waals surface area contributed by atoms with Crippen LogP contribution in [0.15, 0.2) is 18.2 Å². The summed E-state index contributed by atoms with van der Waals surface area (Å²) in [6.07, 6.45) is 0.331. The molecule has 0 unspecified atom stereocenters. The molecule has 0 fully saturated rings. The van der Waals surface area contributed by atoms with Crippen LogP contribution in [-0.4, -0.2) is 17.7 Å². The van der Waals surface area contributed by atoms with Crippen LogP contribution in [0.1, 0.15) is 22.3 Å². The second-order valence-electron chi connectivity index (χ2n) is 3.22. The van der Waals surface area contributed by atoms with Crippen molar-refractivity contribution < 1.29 is 18.3 Å². The normalized spacial score (nSPS) is 10.6. The van der Waals surface area contributed by atoms with Gasteiger partial charge in [0.1, 0.15) is 5.75 Å². The van der Waals surface area contributed by atoms with Gasteiger partial charge in [-0.3, -0.25) is 4.79 Å². The summed E-state index contributed by atoms with van der Waals surface area (Å²) >= 11 is 3.15. The number of rotatable bonds is 5. The maximum Gasteiger partial charge on any atom is 0.387 e. The van der Waals surface area contributed by atoms with Crippen molar-refractivity contribution in [3.63, 3.8) is 0 Å². The maximum absolute atomic E-state index is 12.1. The van der Waals surface area contributed by atoms with E-state index in [9.17, 15) is 13.6 Å². The molecule has 0 atom stereocenters. The quantitative estimate of drug-likeness (QED) is 0.613. The van der Waals surface area contributed by atoms with Crippen LogP contribution in [0.25, 0.3) is 0 Å². The van der Waals surface area contributed by atoms with Crippen molar-refractivity contribution in [1.82, 2.24) is 0 Å². The summed E-state index contributed by atoms with van der Waals surface area (Å²) < 4.78 is 28.5. The molecule has 0 aliphatic carbocycles. The molecule has 0 aromatic heterocycles. The minimum Gasteiger partial charge on any atom is -0.435 e. The summed E-state index contributed by atoms with van der Waals surface area (Å²) in [6, 6.07) is 4.56. The van der Waals surface area contributed by atoms with Gasteiger partial charge in [0.25, 0.3) is 0 Å². The Morgan fingerprint density at radius 2 is 2.19 bits per heavy atom. The average molecular weight is 293 g/mol. The van der Waals surface area contributed by atoms with E-state index < -0.39 is 6.61 Å². The van der Waals surface area contributed by atoms with Crippen LogP contribution in [0.3, 0.4) is 0 Å². The third kappa shape index (κ3) is 3.56. The summed E-state index contributed by atoms with van der Waals surface area (Å²) in [6.45, 7) is -1.23. The average Bonchev–Trinajstić information content (AvgIpc) is 2.21. The van der Waals surface area contributed by atoms with Crippen molar-refractivity contribution in [2.24, 2.45) is 0 Å². The van der Waals surface area contributed by atoms with Crippen molar-refractivity contribution in [2.45, 2.75) is 20.0 Å².